The molecule has 7 atom stereocenters. The third-order valence-corrected chi connectivity index (χ3v) is 8.29. The molecule has 1 heterocycles. The molecule has 5 fully saturated rings. The van der Waals surface area contributed by atoms with Gasteiger partial charge >= 0.3 is 11.9 Å². The summed E-state index contributed by atoms with van der Waals surface area (Å²) >= 11 is 0. The summed E-state index contributed by atoms with van der Waals surface area (Å²) in [6, 6.07) is 0. The van der Waals surface area contributed by atoms with E-state index in [1.165, 1.54) is 5.57 Å². The Morgan fingerprint density at radius 3 is 2.87 bits per heavy atom. The van der Waals surface area contributed by atoms with Gasteiger partial charge in [-0.05, 0) is 63.2 Å². The predicted molar refractivity (Wildman–Crippen MR) is 82.4 cm³/mol. The summed E-state index contributed by atoms with van der Waals surface area (Å²) in [5.41, 5.74) is -0.0978. The minimum absolute atomic E-state index is 0.139. The van der Waals surface area contributed by atoms with E-state index < -0.39 is 22.9 Å². The lowest BCUT2D eigenvalue weighted by molar-refractivity contribution is -0.160. The van der Waals surface area contributed by atoms with E-state index in [0.717, 1.165) is 44.9 Å². The van der Waals surface area contributed by atoms with Crippen molar-refractivity contribution in [1.82, 2.24) is 0 Å². The van der Waals surface area contributed by atoms with E-state index in [4.69, 9.17) is 4.74 Å². The number of carboxylic acid groups (broad SMARTS) is 1. The Kier molecular flexibility index (Phi) is 2.35. The number of esters is 1. The molecule has 124 valence electrons. The smallest absolute Gasteiger partial charge is 0.312 e. The van der Waals surface area contributed by atoms with Gasteiger partial charge in [0, 0.05) is 11.8 Å². The summed E-state index contributed by atoms with van der Waals surface area (Å²) in [4.78, 5) is 25.0. The first-order valence-electron chi connectivity index (χ1n) is 8.99. The number of carbonyl (C=O) groups excluding carboxylic acids is 1. The van der Waals surface area contributed by atoms with Crippen molar-refractivity contribution in [3.8, 4) is 0 Å². The van der Waals surface area contributed by atoms with Gasteiger partial charge in [-0.1, -0.05) is 12.2 Å². The lowest BCUT2D eigenvalue weighted by Gasteiger charge is -2.43. The lowest BCUT2D eigenvalue weighted by atomic mass is 9.60. The second-order valence-electron chi connectivity index (χ2n) is 9.01. The minimum atomic E-state index is -0.719. The van der Waals surface area contributed by atoms with Crippen molar-refractivity contribution < 1.29 is 19.4 Å². The van der Waals surface area contributed by atoms with Crippen molar-refractivity contribution in [2.24, 2.45) is 34.5 Å². The van der Waals surface area contributed by atoms with Crippen LogP contribution < -0.4 is 0 Å². The number of ether oxygens (including phenoxy) is 1. The molecule has 4 heteroatoms. The number of carbonyl (C=O) groups is 2. The molecule has 0 aromatic rings. The molecule has 4 saturated carbocycles. The van der Waals surface area contributed by atoms with E-state index in [1.54, 1.807) is 0 Å². The molecule has 0 aromatic heterocycles. The van der Waals surface area contributed by atoms with Crippen molar-refractivity contribution in [1.29, 1.82) is 0 Å². The average Bonchev–Trinajstić information content (AvgIpc) is 2.92. The van der Waals surface area contributed by atoms with Gasteiger partial charge in [0.1, 0.15) is 5.60 Å². The molecule has 0 amide bonds. The van der Waals surface area contributed by atoms with Crippen LogP contribution in [0.25, 0.3) is 0 Å². The molecular formula is C19H24O4. The predicted octanol–water partition coefficient (Wildman–Crippen LogP) is 3.17. The lowest BCUT2D eigenvalue weighted by Crippen LogP contribution is -2.47. The van der Waals surface area contributed by atoms with Crippen LogP contribution in [0, 0.1) is 34.5 Å². The molecule has 4 aliphatic carbocycles. The average molecular weight is 316 g/mol. The molecule has 4 nitrogen and oxygen atoms in total. The van der Waals surface area contributed by atoms with Crippen LogP contribution in [0.3, 0.4) is 0 Å². The first-order valence-corrected chi connectivity index (χ1v) is 8.99. The fourth-order valence-corrected chi connectivity index (χ4v) is 7.70. The first-order chi connectivity index (χ1) is 10.9. The summed E-state index contributed by atoms with van der Waals surface area (Å²) in [7, 11) is 0. The largest absolute Gasteiger partial charge is 0.481 e. The Hall–Kier alpha value is -1.32. The molecular weight excluding hydrogens is 292 g/mol. The Bertz CT molecular complexity index is 654. The molecule has 0 radical (unpaired) electrons. The van der Waals surface area contributed by atoms with E-state index >= 15 is 0 Å². The second-order valence-corrected chi connectivity index (χ2v) is 9.01. The van der Waals surface area contributed by atoms with Crippen LogP contribution in [0.15, 0.2) is 12.2 Å². The second kappa shape index (κ2) is 3.84. The third kappa shape index (κ3) is 1.29. The van der Waals surface area contributed by atoms with Crippen LogP contribution in [0.2, 0.25) is 0 Å². The molecule has 1 N–H and O–H groups in total. The highest BCUT2D eigenvalue weighted by atomic mass is 16.6. The summed E-state index contributed by atoms with van der Waals surface area (Å²) < 4.78 is 6.10. The molecule has 1 saturated heterocycles. The van der Waals surface area contributed by atoms with Crippen LogP contribution in [0.1, 0.15) is 51.9 Å². The van der Waals surface area contributed by atoms with Crippen LogP contribution in [-0.4, -0.2) is 22.6 Å². The molecule has 0 aromatic carbocycles. The Labute approximate surface area is 136 Å². The van der Waals surface area contributed by atoms with Crippen LogP contribution >= 0.6 is 0 Å². The summed E-state index contributed by atoms with van der Waals surface area (Å²) in [5.74, 6) is -0.771. The number of allylic oxidation sites excluding steroid dienone is 1. The van der Waals surface area contributed by atoms with Gasteiger partial charge < -0.3 is 9.84 Å². The number of rotatable bonds is 1. The normalized spacial score (nSPS) is 56.2. The van der Waals surface area contributed by atoms with Gasteiger partial charge in [0.2, 0.25) is 0 Å². The van der Waals surface area contributed by atoms with Crippen LogP contribution in [0.5, 0.6) is 0 Å². The third-order valence-electron chi connectivity index (χ3n) is 8.29. The summed E-state index contributed by atoms with van der Waals surface area (Å²) in [6.45, 7) is 6.22. The molecule has 4 bridgehead atoms. The number of aliphatic carboxylic acids is 1. The van der Waals surface area contributed by atoms with E-state index in [2.05, 4.69) is 6.58 Å². The van der Waals surface area contributed by atoms with Crippen molar-refractivity contribution in [2.75, 3.05) is 0 Å². The summed E-state index contributed by atoms with van der Waals surface area (Å²) in [5, 5.41) is 10.2. The maximum absolute atomic E-state index is 12.7. The van der Waals surface area contributed by atoms with Crippen LogP contribution in [0.4, 0.5) is 0 Å². The Balaban J connectivity index is 1.75. The number of carboxylic acids is 1. The molecule has 1 aliphatic heterocycles. The van der Waals surface area contributed by atoms with Gasteiger partial charge in [-0.25, -0.2) is 0 Å². The van der Waals surface area contributed by atoms with Gasteiger partial charge in [0.15, 0.2) is 0 Å². The zero-order valence-corrected chi connectivity index (χ0v) is 13.6. The van der Waals surface area contributed by atoms with Crippen molar-refractivity contribution >= 4 is 11.9 Å². The highest BCUT2D eigenvalue weighted by molar-refractivity contribution is 5.84. The monoisotopic (exact) mass is 316 g/mol. The fourth-order valence-electron chi connectivity index (χ4n) is 7.70. The Morgan fingerprint density at radius 1 is 1.35 bits per heavy atom. The van der Waals surface area contributed by atoms with E-state index in [1.807, 2.05) is 6.92 Å². The highest BCUT2D eigenvalue weighted by Crippen LogP contribution is 2.77. The topological polar surface area (TPSA) is 63.6 Å². The van der Waals surface area contributed by atoms with Crippen molar-refractivity contribution in [3.63, 3.8) is 0 Å². The van der Waals surface area contributed by atoms with Gasteiger partial charge in [-0.2, -0.15) is 0 Å². The summed E-state index contributed by atoms with van der Waals surface area (Å²) in [6.07, 6.45) is 6.45. The van der Waals surface area contributed by atoms with Crippen LogP contribution in [-0.2, 0) is 14.3 Å². The maximum Gasteiger partial charge on any atom is 0.312 e. The maximum atomic E-state index is 12.7. The van der Waals surface area contributed by atoms with Gasteiger partial charge in [0.05, 0.1) is 11.3 Å². The number of hydrogen-bond acceptors (Lipinski definition) is 3. The SMILES string of the molecule is C=C1C[C@]23C[C@H]1CC[C@H]2[C@@]12CCC[C@](C)(C(=O)O1)C2[C@@H]3C(=O)O. The standard InChI is InChI=1S/C19H24O4/c1-10-8-18-9-11(10)4-5-12(18)19-7-3-6-17(2,16(22)23-19)14(19)13(18)15(20)21/h11-14H,1,3-9H2,2H3,(H,20,21)/t11-,12-,13-,14?,17+,18+,19-/m1/s1. The molecule has 23 heavy (non-hydrogen) atoms. The minimum Gasteiger partial charge on any atom is -0.481 e. The molecule has 5 rings (SSSR count). The fraction of sp³-hybridized carbons (Fsp3) is 0.789. The van der Waals surface area contributed by atoms with E-state index in [0.29, 0.717) is 5.92 Å². The van der Waals surface area contributed by atoms with Gasteiger partial charge in [0.25, 0.3) is 0 Å². The number of fused-ring (bicyclic) bond motifs is 1. The first kappa shape index (κ1) is 14.1. The molecule has 5 aliphatic rings. The quantitative estimate of drug-likeness (QED) is 0.596. The van der Waals surface area contributed by atoms with Crippen molar-refractivity contribution in [2.45, 2.75) is 57.5 Å². The van der Waals surface area contributed by atoms with E-state index in [9.17, 15) is 14.7 Å². The van der Waals surface area contributed by atoms with Gasteiger partial charge in [-0.3, -0.25) is 9.59 Å². The molecule has 1 unspecified atom stereocenters. The van der Waals surface area contributed by atoms with Gasteiger partial charge in [-0.15, -0.1) is 0 Å². The highest BCUT2D eigenvalue weighted by Gasteiger charge is 2.81. The number of hydrogen-bond donors (Lipinski definition) is 1. The molecule has 1 spiro atoms. The zero-order chi connectivity index (χ0) is 16.2. The Morgan fingerprint density at radius 2 is 2.13 bits per heavy atom. The van der Waals surface area contributed by atoms with E-state index in [-0.39, 0.29) is 23.2 Å². The zero-order valence-electron chi connectivity index (χ0n) is 13.6. The van der Waals surface area contributed by atoms with Crippen molar-refractivity contribution in [3.05, 3.63) is 12.2 Å².